The van der Waals surface area contributed by atoms with Gasteiger partial charge in [-0.3, -0.25) is 9.78 Å². The number of amides is 1. The van der Waals surface area contributed by atoms with E-state index in [1.54, 1.807) is 11.1 Å². The molecule has 1 saturated carbocycles. The highest BCUT2D eigenvalue weighted by Crippen LogP contribution is 2.44. The number of ether oxygens (including phenoxy) is 1. The first-order chi connectivity index (χ1) is 19.1. The first-order valence-corrected chi connectivity index (χ1v) is 13.3. The minimum atomic E-state index is -0.546. The normalized spacial score (nSPS) is 19.6. The Morgan fingerprint density at radius 1 is 0.974 bits per heavy atom. The summed E-state index contributed by atoms with van der Waals surface area (Å²) in [5, 5.41) is 7.14. The Bertz CT molecular complexity index is 1590. The van der Waals surface area contributed by atoms with Gasteiger partial charge in [0.05, 0.1) is 22.8 Å². The van der Waals surface area contributed by atoms with Gasteiger partial charge in [-0.15, -0.1) is 0 Å². The second-order valence-electron chi connectivity index (χ2n) is 10.1. The van der Waals surface area contributed by atoms with Gasteiger partial charge >= 0.3 is 5.97 Å². The van der Waals surface area contributed by atoms with E-state index in [4.69, 9.17) is 9.84 Å². The zero-order chi connectivity index (χ0) is 26.8. The Morgan fingerprint density at radius 2 is 1.69 bits per heavy atom. The molecular weight excluding hydrogens is 486 g/mol. The van der Waals surface area contributed by atoms with Crippen LogP contribution in [0.15, 0.2) is 102 Å². The molecule has 2 atom stereocenters. The number of aromatic nitrogens is 1. The van der Waals surface area contributed by atoms with Gasteiger partial charge < -0.3 is 4.74 Å². The van der Waals surface area contributed by atoms with Gasteiger partial charge in [0, 0.05) is 17.0 Å². The summed E-state index contributed by atoms with van der Waals surface area (Å²) in [5.74, 6) is -0.800. The number of esters is 1. The molecule has 0 radical (unpaired) electrons. The monoisotopic (exact) mass is 515 g/mol. The zero-order valence-electron chi connectivity index (χ0n) is 21.8. The molecule has 2 heterocycles. The van der Waals surface area contributed by atoms with Crippen molar-refractivity contribution in [1.29, 1.82) is 0 Å². The summed E-state index contributed by atoms with van der Waals surface area (Å²) in [6.07, 6.45) is 5.06. The number of carbonyl (C=O) groups is 2. The molecule has 39 heavy (non-hydrogen) atoms. The van der Waals surface area contributed by atoms with Gasteiger partial charge in [0.1, 0.15) is 0 Å². The van der Waals surface area contributed by atoms with E-state index in [9.17, 15) is 9.59 Å². The average Bonchev–Trinajstić information content (AvgIpc) is 3.37. The van der Waals surface area contributed by atoms with Crippen molar-refractivity contribution in [3.63, 3.8) is 0 Å². The van der Waals surface area contributed by atoms with Crippen LogP contribution in [0.2, 0.25) is 0 Å². The second-order valence-corrected chi connectivity index (χ2v) is 10.1. The van der Waals surface area contributed by atoms with Crippen LogP contribution in [0.4, 0.5) is 0 Å². The topological polar surface area (TPSA) is 71.9 Å². The lowest BCUT2D eigenvalue weighted by Gasteiger charge is -2.29. The number of nitrogens with zero attached hydrogens (tertiary/aromatic N) is 3. The van der Waals surface area contributed by atoms with E-state index in [0.717, 1.165) is 41.7 Å². The molecule has 0 spiro atoms. The molecular formula is C33H29N3O3. The van der Waals surface area contributed by atoms with Crippen molar-refractivity contribution in [2.24, 2.45) is 11.0 Å². The maximum Gasteiger partial charge on any atom is 0.339 e. The van der Waals surface area contributed by atoms with Crippen LogP contribution in [-0.4, -0.2) is 34.2 Å². The predicted octanol–water partition coefficient (Wildman–Crippen LogP) is 6.52. The summed E-state index contributed by atoms with van der Waals surface area (Å²) in [7, 11) is 0. The standard InChI is InChI=1S/C33H29N3O3/c1-22-19-28(26-16-8-9-18-29(26)34-22)33(38)39-21-30(37)36-32(24-13-6-3-7-14-24)27-17-10-15-25(31(27)35-36)20-23-11-4-2-5-12-23/h2-9,11-14,16,18-20,27,32H,10,15,17,21H2,1H3/b25-20-/t27-,32+/m1/s1. The maximum atomic E-state index is 13.6. The van der Waals surface area contributed by atoms with E-state index in [2.05, 4.69) is 23.2 Å². The third-order valence-corrected chi connectivity index (χ3v) is 7.43. The van der Waals surface area contributed by atoms with Crippen LogP contribution in [0.5, 0.6) is 0 Å². The molecule has 0 saturated heterocycles. The lowest BCUT2D eigenvalue weighted by atomic mass is 9.77. The maximum absolute atomic E-state index is 13.6. The molecule has 0 unspecified atom stereocenters. The summed E-state index contributed by atoms with van der Waals surface area (Å²) >= 11 is 0. The number of aryl methyl sites for hydroxylation is 1. The van der Waals surface area contributed by atoms with E-state index in [1.165, 1.54) is 0 Å². The number of hydrazone groups is 1. The van der Waals surface area contributed by atoms with Gasteiger partial charge in [-0.1, -0.05) is 78.9 Å². The lowest BCUT2D eigenvalue weighted by molar-refractivity contribution is -0.137. The molecule has 4 aromatic rings. The highest BCUT2D eigenvalue weighted by molar-refractivity contribution is 6.08. The van der Waals surface area contributed by atoms with Crippen molar-refractivity contribution in [2.45, 2.75) is 32.2 Å². The van der Waals surface area contributed by atoms with Gasteiger partial charge in [-0.25, -0.2) is 9.80 Å². The number of pyridine rings is 1. The van der Waals surface area contributed by atoms with E-state index in [-0.39, 0.29) is 24.5 Å². The summed E-state index contributed by atoms with van der Waals surface area (Å²) in [6.45, 7) is 1.44. The van der Waals surface area contributed by atoms with Crippen LogP contribution in [0.25, 0.3) is 17.0 Å². The number of rotatable bonds is 5. The Kier molecular flexibility index (Phi) is 6.76. The molecule has 2 aliphatic rings. The fourth-order valence-electron chi connectivity index (χ4n) is 5.69. The Balaban J connectivity index is 1.29. The van der Waals surface area contributed by atoms with E-state index >= 15 is 0 Å². The number of fused-ring (bicyclic) bond motifs is 2. The van der Waals surface area contributed by atoms with E-state index < -0.39 is 5.97 Å². The molecule has 1 fully saturated rings. The summed E-state index contributed by atoms with van der Waals surface area (Å²) in [6, 6.07) is 29.1. The molecule has 0 N–H and O–H groups in total. The predicted molar refractivity (Wildman–Crippen MR) is 152 cm³/mol. The molecule has 1 aliphatic carbocycles. The van der Waals surface area contributed by atoms with Crippen LogP contribution in [0, 0.1) is 12.8 Å². The van der Waals surface area contributed by atoms with Crippen molar-refractivity contribution in [3.8, 4) is 0 Å². The van der Waals surface area contributed by atoms with E-state index in [0.29, 0.717) is 22.2 Å². The Morgan fingerprint density at radius 3 is 2.49 bits per heavy atom. The van der Waals surface area contributed by atoms with Crippen molar-refractivity contribution in [1.82, 2.24) is 9.99 Å². The highest BCUT2D eigenvalue weighted by atomic mass is 16.5. The smallest absolute Gasteiger partial charge is 0.339 e. The van der Waals surface area contributed by atoms with Crippen molar-refractivity contribution in [2.75, 3.05) is 6.61 Å². The van der Waals surface area contributed by atoms with Gasteiger partial charge in [-0.05, 0) is 61.1 Å². The molecule has 1 aromatic heterocycles. The molecule has 6 rings (SSSR count). The highest BCUT2D eigenvalue weighted by Gasteiger charge is 2.43. The van der Waals surface area contributed by atoms with Crippen LogP contribution >= 0.6 is 0 Å². The molecule has 1 amide bonds. The summed E-state index contributed by atoms with van der Waals surface area (Å²) < 4.78 is 5.58. The minimum Gasteiger partial charge on any atom is -0.452 e. The van der Waals surface area contributed by atoms with Gasteiger partial charge in [0.25, 0.3) is 5.91 Å². The second kappa shape index (κ2) is 10.7. The number of para-hydroxylation sites is 1. The quantitative estimate of drug-likeness (QED) is 0.284. The first-order valence-electron chi connectivity index (χ1n) is 13.3. The number of benzene rings is 3. The van der Waals surface area contributed by atoms with Crippen LogP contribution < -0.4 is 0 Å². The molecule has 0 bridgehead atoms. The SMILES string of the molecule is Cc1cc(C(=O)OCC(=O)N2N=C3/C(=C\c4ccccc4)CCC[C@H]3[C@@H]2c2ccccc2)c2ccccc2n1. The molecule has 1 aliphatic heterocycles. The number of allylic oxidation sites excluding steroid dienone is 1. The van der Waals surface area contributed by atoms with Gasteiger partial charge in [0.15, 0.2) is 6.61 Å². The van der Waals surface area contributed by atoms with Crippen LogP contribution in [0.3, 0.4) is 0 Å². The van der Waals surface area contributed by atoms with Gasteiger partial charge in [0.2, 0.25) is 0 Å². The van der Waals surface area contributed by atoms with Crippen LogP contribution in [-0.2, 0) is 9.53 Å². The summed E-state index contributed by atoms with van der Waals surface area (Å²) in [4.78, 5) is 31.2. The van der Waals surface area contributed by atoms with E-state index in [1.807, 2.05) is 79.7 Å². The van der Waals surface area contributed by atoms with Gasteiger partial charge in [-0.2, -0.15) is 5.10 Å². The third kappa shape index (κ3) is 4.98. The number of hydrogen-bond acceptors (Lipinski definition) is 5. The van der Waals surface area contributed by atoms with Crippen molar-refractivity contribution >= 4 is 34.6 Å². The number of hydrogen-bond donors (Lipinski definition) is 0. The molecule has 6 heteroatoms. The average molecular weight is 516 g/mol. The third-order valence-electron chi connectivity index (χ3n) is 7.43. The largest absolute Gasteiger partial charge is 0.452 e. The zero-order valence-corrected chi connectivity index (χ0v) is 21.8. The van der Waals surface area contributed by atoms with Crippen LogP contribution in [0.1, 0.15) is 52.5 Å². The molecule has 194 valence electrons. The lowest BCUT2D eigenvalue weighted by Crippen LogP contribution is -2.34. The summed E-state index contributed by atoms with van der Waals surface area (Å²) in [5.41, 5.74) is 6.08. The minimum absolute atomic E-state index is 0.0857. The molecule has 3 aromatic carbocycles. The Labute approximate surface area is 227 Å². The Hall–Kier alpha value is -4.58. The van der Waals surface area contributed by atoms with Crippen molar-refractivity contribution < 1.29 is 14.3 Å². The fourth-order valence-corrected chi connectivity index (χ4v) is 5.69. The number of carbonyl (C=O) groups excluding carboxylic acids is 2. The first kappa shape index (κ1) is 24.7. The van der Waals surface area contributed by atoms with Crippen molar-refractivity contribution in [3.05, 3.63) is 119 Å². The fraction of sp³-hybridized carbons (Fsp3) is 0.212. The molecule has 6 nitrogen and oxygen atoms in total.